The van der Waals surface area contributed by atoms with Crippen LogP contribution in [0.15, 0.2) is 21.7 Å². The van der Waals surface area contributed by atoms with Crippen LogP contribution >= 0.6 is 0 Å². The van der Waals surface area contributed by atoms with E-state index in [0.717, 1.165) is 25.0 Å². The van der Waals surface area contributed by atoms with E-state index in [-0.39, 0.29) is 11.7 Å². The zero-order valence-electron chi connectivity index (χ0n) is 10.5. The standard InChI is InChI=1S/C12H19N3O3/c1-2-9-6-7-10(18-9)12(16)14-8-4-3-5-11(13)15-17/h6-7,17H,2-5,8H2,1H3,(H2,13,15)(H,14,16). The molecule has 0 atom stereocenters. The normalized spacial score (nSPS) is 11.5. The zero-order chi connectivity index (χ0) is 13.4. The van der Waals surface area contributed by atoms with Crippen molar-refractivity contribution in [2.45, 2.75) is 32.6 Å². The summed E-state index contributed by atoms with van der Waals surface area (Å²) in [5, 5.41) is 14.0. The highest BCUT2D eigenvalue weighted by atomic mass is 16.4. The fraction of sp³-hybridized carbons (Fsp3) is 0.500. The van der Waals surface area contributed by atoms with Gasteiger partial charge in [-0.2, -0.15) is 0 Å². The predicted octanol–water partition coefficient (Wildman–Crippen LogP) is 1.49. The molecule has 1 aromatic rings. The summed E-state index contributed by atoms with van der Waals surface area (Å²) in [4.78, 5) is 11.6. The van der Waals surface area contributed by atoms with E-state index in [2.05, 4.69) is 10.5 Å². The van der Waals surface area contributed by atoms with Crippen molar-refractivity contribution in [2.24, 2.45) is 10.9 Å². The average molecular weight is 253 g/mol. The van der Waals surface area contributed by atoms with Gasteiger partial charge in [-0.3, -0.25) is 4.79 Å². The van der Waals surface area contributed by atoms with E-state index in [1.807, 2.05) is 6.92 Å². The zero-order valence-corrected chi connectivity index (χ0v) is 10.5. The third kappa shape index (κ3) is 4.48. The Morgan fingerprint density at radius 1 is 1.50 bits per heavy atom. The lowest BCUT2D eigenvalue weighted by Crippen LogP contribution is -2.24. The maximum absolute atomic E-state index is 11.6. The quantitative estimate of drug-likeness (QED) is 0.225. The highest BCUT2D eigenvalue weighted by Gasteiger charge is 2.09. The molecule has 0 aliphatic heterocycles. The first kappa shape index (κ1) is 14.1. The summed E-state index contributed by atoms with van der Waals surface area (Å²) in [6, 6.07) is 3.47. The van der Waals surface area contributed by atoms with E-state index in [1.54, 1.807) is 12.1 Å². The molecule has 0 aliphatic rings. The van der Waals surface area contributed by atoms with Crippen molar-refractivity contribution in [2.75, 3.05) is 6.54 Å². The Morgan fingerprint density at radius 2 is 2.28 bits per heavy atom. The lowest BCUT2D eigenvalue weighted by Gasteiger charge is -2.02. The van der Waals surface area contributed by atoms with Gasteiger partial charge in [-0.1, -0.05) is 12.1 Å². The third-order valence-corrected chi connectivity index (χ3v) is 2.51. The number of nitrogens with one attached hydrogen (secondary N) is 1. The summed E-state index contributed by atoms with van der Waals surface area (Å²) >= 11 is 0. The van der Waals surface area contributed by atoms with E-state index < -0.39 is 0 Å². The SMILES string of the molecule is CCc1ccc(C(=O)NCCCCC(N)=NO)o1. The van der Waals surface area contributed by atoms with Gasteiger partial charge in [-0.05, 0) is 25.0 Å². The molecule has 1 aromatic heterocycles. The molecule has 0 bridgehead atoms. The maximum Gasteiger partial charge on any atom is 0.286 e. The molecule has 1 amide bonds. The van der Waals surface area contributed by atoms with Crippen LogP contribution in [0.2, 0.25) is 0 Å². The fourth-order valence-corrected chi connectivity index (χ4v) is 1.46. The van der Waals surface area contributed by atoms with E-state index in [1.165, 1.54) is 0 Å². The average Bonchev–Trinajstić information content (AvgIpc) is 2.86. The Labute approximate surface area is 106 Å². The highest BCUT2D eigenvalue weighted by molar-refractivity contribution is 5.91. The van der Waals surface area contributed by atoms with Crippen molar-refractivity contribution in [3.8, 4) is 0 Å². The Morgan fingerprint density at radius 3 is 2.89 bits per heavy atom. The maximum atomic E-state index is 11.6. The van der Waals surface area contributed by atoms with Gasteiger partial charge in [0.2, 0.25) is 0 Å². The topological polar surface area (TPSA) is 101 Å². The second-order valence-corrected chi connectivity index (χ2v) is 3.92. The van der Waals surface area contributed by atoms with E-state index in [9.17, 15) is 4.79 Å². The number of furan rings is 1. The van der Waals surface area contributed by atoms with Gasteiger partial charge in [0, 0.05) is 19.4 Å². The molecule has 0 aromatic carbocycles. The van der Waals surface area contributed by atoms with Gasteiger partial charge < -0.3 is 20.7 Å². The van der Waals surface area contributed by atoms with Gasteiger partial charge in [0.25, 0.3) is 5.91 Å². The van der Waals surface area contributed by atoms with Gasteiger partial charge in [0.15, 0.2) is 5.76 Å². The van der Waals surface area contributed by atoms with Crippen LogP contribution in [0, 0.1) is 0 Å². The molecular weight excluding hydrogens is 234 g/mol. The summed E-state index contributed by atoms with van der Waals surface area (Å²) in [5.41, 5.74) is 5.32. The fourth-order valence-electron chi connectivity index (χ4n) is 1.46. The van der Waals surface area contributed by atoms with Crippen molar-refractivity contribution in [1.29, 1.82) is 0 Å². The summed E-state index contributed by atoms with van der Waals surface area (Å²) in [5.74, 6) is 1.13. The Bertz CT molecular complexity index is 412. The number of hydrogen-bond donors (Lipinski definition) is 3. The van der Waals surface area contributed by atoms with Crippen LogP contribution in [-0.4, -0.2) is 23.5 Å². The lowest BCUT2D eigenvalue weighted by molar-refractivity contribution is 0.0923. The summed E-state index contributed by atoms with van der Waals surface area (Å²) in [6.45, 7) is 2.51. The molecule has 1 rings (SSSR count). The van der Waals surface area contributed by atoms with Crippen molar-refractivity contribution in [1.82, 2.24) is 5.32 Å². The van der Waals surface area contributed by atoms with Gasteiger partial charge in [-0.15, -0.1) is 0 Å². The number of aryl methyl sites for hydroxylation is 1. The Kier molecular flexibility index (Phi) is 5.76. The van der Waals surface area contributed by atoms with Gasteiger partial charge in [-0.25, -0.2) is 0 Å². The number of nitrogens with zero attached hydrogens (tertiary/aromatic N) is 1. The number of rotatable bonds is 7. The van der Waals surface area contributed by atoms with Crippen molar-refractivity contribution in [3.63, 3.8) is 0 Å². The number of oxime groups is 1. The second-order valence-electron chi connectivity index (χ2n) is 3.92. The minimum Gasteiger partial charge on any atom is -0.456 e. The molecule has 0 unspecified atom stereocenters. The molecule has 0 radical (unpaired) electrons. The first-order valence-corrected chi connectivity index (χ1v) is 6.00. The minimum absolute atomic E-state index is 0.208. The second kappa shape index (κ2) is 7.37. The largest absolute Gasteiger partial charge is 0.456 e. The molecule has 0 aliphatic carbocycles. The molecule has 18 heavy (non-hydrogen) atoms. The van der Waals surface area contributed by atoms with Gasteiger partial charge in [0.05, 0.1) is 0 Å². The monoisotopic (exact) mass is 253 g/mol. The summed E-state index contributed by atoms with van der Waals surface area (Å²) in [6.07, 6.45) is 2.82. The van der Waals surface area contributed by atoms with Gasteiger partial charge >= 0.3 is 0 Å². The number of carbonyl (C=O) groups is 1. The first-order valence-electron chi connectivity index (χ1n) is 6.00. The molecule has 4 N–H and O–H groups in total. The molecule has 100 valence electrons. The van der Waals surface area contributed by atoms with Crippen LogP contribution < -0.4 is 11.1 Å². The van der Waals surface area contributed by atoms with Crippen LogP contribution in [0.5, 0.6) is 0 Å². The smallest absolute Gasteiger partial charge is 0.286 e. The van der Waals surface area contributed by atoms with E-state index >= 15 is 0 Å². The third-order valence-electron chi connectivity index (χ3n) is 2.51. The molecule has 1 heterocycles. The van der Waals surface area contributed by atoms with E-state index in [4.69, 9.17) is 15.4 Å². The lowest BCUT2D eigenvalue weighted by atomic mass is 10.2. The van der Waals surface area contributed by atoms with Crippen molar-refractivity contribution >= 4 is 11.7 Å². The molecule has 0 spiro atoms. The Hall–Kier alpha value is -1.98. The number of amidine groups is 1. The number of unbranched alkanes of at least 4 members (excludes halogenated alkanes) is 1. The van der Waals surface area contributed by atoms with Crippen LogP contribution in [0.1, 0.15) is 42.5 Å². The van der Waals surface area contributed by atoms with Crippen LogP contribution in [-0.2, 0) is 6.42 Å². The predicted molar refractivity (Wildman–Crippen MR) is 67.7 cm³/mol. The molecule has 0 saturated carbocycles. The number of hydrogen-bond acceptors (Lipinski definition) is 4. The number of amides is 1. The minimum atomic E-state index is -0.210. The first-order chi connectivity index (χ1) is 8.67. The Balaban J connectivity index is 2.21. The summed E-state index contributed by atoms with van der Waals surface area (Å²) < 4.78 is 5.32. The van der Waals surface area contributed by atoms with Crippen LogP contribution in [0.25, 0.3) is 0 Å². The molecule has 6 nitrogen and oxygen atoms in total. The number of nitrogens with two attached hydrogens (primary N) is 1. The van der Waals surface area contributed by atoms with Gasteiger partial charge in [0.1, 0.15) is 11.6 Å². The number of carbonyl (C=O) groups excluding carboxylic acids is 1. The van der Waals surface area contributed by atoms with Crippen LogP contribution in [0.4, 0.5) is 0 Å². The summed E-state index contributed by atoms with van der Waals surface area (Å²) in [7, 11) is 0. The van der Waals surface area contributed by atoms with Crippen molar-refractivity contribution in [3.05, 3.63) is 23.7 Å². The molecular formula is C12H19N3O3. The molecule has 0 saturated heterocycles. The van der Waals surface area contributed by atoms with Crippen molar-refractivity contribution < 1.29 is 14.4 Å². The van der Waals surface area contributed by atoms with E-state index in [0.29, 0.717) is 18.7 Å². The molecule has 6 heteroatoms. The van der Waals surface area contributed by atoms with Crippen LogP contribution in [0.3, 0.4) is 0 Å². The molecule has 0 fully saturated rings. The highest BCUT2D eigenvalue weighted by Crippen LogP contribution is 2.08.